The summed E-state index contributed by atoms with van der Waals surface area (Å²) in [5, 5.41) is 8.61. The zero-order valence-corrected chi connectivity index (χ0v) is 11.9. The maximum absolute atomic E-state index is 10.5. The first kappa shape index (κ1) is 15.1. The highest BCUT2D eigenvalue weighted by Crippen LogP contribution is 2.37. The molecule has 1 aromatic carbocycles. The van der Waals surface area contributed by atoms with Gasteiger partial charge in [0.25, 0.3) is 0 Å². The third-order valence-electron chi connectivity index (χ3n) is 2.05. The van der Waals surface area contributed by atoms with E-state index in [1.54, 1.807) is 12.1 Å². The van der Waals surface area contributed by atoms with Crippen LogP contribution in [-0.4, -0.2) is 24.3 Å². The minimum absolute atomic E-state index is 0.128. The molecular formula is C14H13BrO4. The Hall–Kier alpha value is -1.93. The van der Waals surface area contributed by atoms with Gasteiger partial charge in [-0.2, -0.15) is 0 Å². The van der Waals surface area contributed by atoms with E-state index in [4.69, 9.17) is 21.0 Å². The van der Waals surface area contributed by atoms with Gasteiger partial charge >= 0.3 is 5.97 Å². The van der Waals surface area contributed by atoms with Crippen LogP contribution >= 0.6 is 15.9 Å². The first-order valence-electron chi connectivity index (χ1n) is 5.52. The van der Waals surface area contributed by atoms with Gasteiger partial charge in [0, 0.05) is 6.08 Å². The summed E-state index contributed by atoms with van der Waals surface area (Å²) in [6.45, 7) is 2.44. The quantitative estimate of drug-likeness (QED) is 0.645. The number of aliphatic carboxylic acids is 1. The molecule has 19 heavy (non-hydrogen) atoms. The molecule has 0 aliphatic rings. The van der Waals surface area contributed by atoms with E-state index >= 15 is 0 Å². The number of carbonyl (C=O) groups is 1. The highest BCUT2D eigenvalue weighted by atomic mass is 79.9. The fraction of sp³-hybridized carbons (Fsp3) is 0.214. The number of hydrogen-bond acceptors (Lipinski definition) is 3. The molecule has 0 aliphatic carbocycles. The number of ether oxygens (including phenoxy) is 2. The SMILES string of the molecule is C#CCOc1c(Br)cc(C=CC(=O)O)cc1OCC. The number of rotatable bonds is 6. The lowest BCUT2D eigenvalue weighted by Crippen LogP contribution is -2.00. The summed E-state index contributed by atoms with van der Waals surface area (Å²) < 4.78 is 11.5. The molecular weight excluding hydrogens is 312 g/mol. The van der Waals surface area contributed by atoms with Gasteiger partial charge < -0.3 is 14.6 Å². The first-order chi connectivity index (χ1) is 9.08. The van der Waals surface area contributed by atoms with Crippen LogP contribution in [-0.2, 0) is 4.79 Å². The van der Waals surface area contributed by atoms with Crippen LogP contribution in [0.1, 0.15) is 12.5 Å². The number of carboxylic acids is 1. The van der Waals surface area contributed by atoms with Crippen molar-refractivity contribution in [1.29, 1.82) is 0 Å². The lowest BCUT2D eigenvalue weighted by Gasteiger charge is -2.13. The van der Waals surface area contributed by atoms with Crippen LogP contribution in [0.2, 0.25) is 0 Å². The first-order valence-corrected chi connectivity index (χ1v) is 6.31. The number of halogens is 1. The van der Waals surface area contributed by atoms with E-state index in [1.807, 2.05) is 6.92 Å². The number of carboxylic acid groups (broad SMARTS) is 1. The molecule has 4 nitrogen and oxygen atoms in total. The van der Waals surface area contributed by atoms with E-state index in [-0.39, 0.29) is 6.61 Å². The van der Waals surface area contributed by atoms with Crippen LogP contribution < -0.4 is 9.47 Å². The molecule has 5 heteroatoms. The summed E-state index contributed by atoms with van der Waals surface area (Å²) in [6, 6.07) is 3.42. The summed E-state index contributed by atoms with van der Waals surface area (Å²) in [6.07, 6.45) is 7.68. The molecule has 0 amide bonds. The minimum Gasteiger partial charge on any atom is -0.490 e. The molecule has 100 valence electrons. The third kappa shape index (κ3) is 4.68. The Balaban J connectivity index is 3.13. The highest BCUT2D eigenvalue weighted by molar-refractivity contribution is 9.10. The molecule has 1 rings (SSSR count). The Labute approximate surface area is 120 Å². The summed E-state index contributed by atoms with van der Waals surface area (Å²) in [4.78, 5) is 10.5. The van der Waals surface area contributed by atoms with Crippen molar-refractivity contribution in [2.45, 2.75) is 6.92 Å². The van der Waals surface area contributed by atoms with Crippen LogP contribution in [0.15, 0.2) is 22.7 Å². The second-order valence-corrected chi connectivity index (χ2v) is 4.28. The van der Waals surface area contributed by atoms with Crippen molar-refractivity contribution in [3.8, 4) is 23.8 Å². The molecule has 0 saturated heterocycles. The van der Waals surface area contributed by atoms with Crippen molar-refractivity contribution < 1.29 is 19.4 Å². The van der Waals surface area contributed by atoms with E-state index in [2.05, 4.69) is 21.9 Å². The average Bonchev–Trinajstić information content (AvgIpc) is 2.36. The third-order valence-corrected chi connectivity index (χ3v) is 2.64. The van der Waals surface area contributed by atoms with Crippen molar-refractivity contribution in [1.82, 2.24) is 0 Å². The van der Waals surface area contributed by atoms with Crippen molar-refractivity contribution >= 4 is 28.0 Å². The number of terminal acetylenes is 1. The predicted octanol–water partition coefficient (Wildman–Crippen LogP) is 2.96. The molecule has 0 radical (unpaired) electrons. The topological polar surface area (TPSA) is 55.8 Å². The van der Waals surface area contributed by atoms with Gasteiger partial charge in [-0.05, 0) is 46.6 Å². The molecule has 0 bridgehead atoms. The van der Waals surface area contributed by atoms with Crippen LogP contribution in [0, 0.1) is 12.3 Å². The molecule has 0 unspecified atom stereocenters. The zero-order chi connectivity index (χ0) is 14.3. The van der Waals surface area contributed by atoms with E-state index in [0.717, 1.165) is 6.08 Å². The Kier molecular flexibility index (Phi) is 5.97. The summed E-state index contributed by atoms with van der Waals surface area (Å²) >= 11 is 3.35. The molecule has 1 aromatic rings. The Morgan fingerprint density at radius 3 is 2.84 bits per heavy atom. The van der Waals surface area contributed by atoms with Gasteiger partial charge in [0.05, 0.1) is 11.1 Å². The van der Waals surface area contributed by atoms with Crippen molar-refractivity contribution in [2.24, 2.45) is 0 Å². The van der Waals surface area contributed by atoms with Gasteiger partial charge in [0.2, 0.25) is 0 Å². The van der Waals surface area contributed by atoms with Gasteiger partial charge in [-0.15, -0.1) is 6.42 Å². The molecule has 0 saturated carbocycles. The zero-order valence-electron chi connectivity index (χ0n) is 10.4. The average molecular weight is 325 g/mol. The van der Waals surface area contributed by atoms with Gasteiger partial charge in [0.1, 0.15) is 6.61 Å². The van der Waals surface area contributed by atoms with Gasteiger partial charge in [-0.25, -0.2) is 4.79 Å². The fourth-order valence-electron chi connectivity index (χ4n) is 1.37. The fourth-order valence-corrected chi connectivity index (χ4v) is 1.94. The molecule has 0 aliphatic heterocycles. The van der Waals surface area contributed by atoms with Crippen LogP contribution in [0.4, 0.5) is 0 Å². The van der Waals surface area contributed by atoms with Crippen LogP contribution in [0.25, 0.3) is 6.08 Å². The lowest BCUT2D eigenvalue weighted by molar-refractivity contribution is -0.131. The maximum atomic E-state index is 10.5. The largest absolute Gasteiger partial charge is 0.490 e. The Morgan fingerprint density at radius 1 is 1.53 bits per heavy atom. The minimum atomic E-state index is -1.01. The summed E-state index contributed by atoms with van der Waals surface area (Å²) in [5.74, 6) is 2.38. The number of hydrogen-bond donors (Lipinski definition) is 1. The standard InChI is InChI=1S/C14H13BrO4/c1-3-7-19-14-11(15)8-10(5-6-13(16)17)9-12(14)18-4-2/h1,5-6,8-9H,4,7H2,2H3,(H,16,17). The normalized spacial score (nSPS) is 10.2. The van der Waals surface area contributed by atoms with E-state index < -0.39 is 5.97 Å². The summed E-state index contributed by atoms with van der Waals surface area (Å²) in [5.41, 5.74) is 0.686. The predicted molar refractivity (Wildman–Crippen MR) is 76.3 cm³/mol. The van der Waals surface area contributed by atoms with E-state index in [0.29, 0.717) is 28.1 Å². The van der Waals surface area contributed by atoms with Crippen molar-refractivity contribution in [3.05, 3.63) is 28.2 Å². The monoisotopic (exact) mass is 324 g/mol. The van der Waals surface area contributed by atoms with Crippen molar-refractivity contribution in [3.63, 3.8) is 0 Å². The van der Waals surface area contributed by atoms with E-state index in [9.17, 15) is 4.79 Å². The van der Waals surface area contributed by atoms with Crippen LogP contribution in [0.5, 0.6) is 11.5 Å². The summed E-state index contributed by atoms with van der Waals surface area (Å²) in [7, 11) is 0. The molecule has 0 fully saturated rings. The molecule has 0 spiro atoms. The van der Waals surface area contributed by atoms with Crippen molar-refractivity contribution in [2.75, 3.05) is 13.2 Å². The number of benzene rings is 1. The van der Waals surface area contributed by atoms with Gasteiger partial charge in [0.15, 0.2) is 11.5 Å². The second kappa shape index (κ2) is 7.49. The molecule has 0 aromatic heterocycles. The lowest BCUT2D eigenvalue weighted by atomic mass is 10.2. The maximum Gasteiger partial charge on any atom is 0.328 e. The molecule has 0 heterocycles. The second-order valence-electron chi connectivity index (χ2n) is 3.43. The Bertz CT molecular complexity index is 529. The van der Waals surface area contributed by atoms with Gasteiger partial charge in [-0.3, -0.25) is 0 Å². The smallest absolute Gasteiger partial charge is 0.328 e. The highest BCUT2D eigenvalue weighted by Gasteiger charge is 2.11. The molecule has 0 atom stereocenters. The van der Waals surface area contributed by atoms with Crippen LogP contribution in [0.3, 0.4) is 0 Å². The molecule has 1 N–H and O–H groups in total. The van der Waals surface area contributed by atoms with E-state index in [1.165, 1.54) is 6.08 Å². The Morgan fingerprint density at radius 2 is 2.26 bits per heavy atom. The van der Waals surface area contributed by atoms with Gasteiger partial charge in [-0.1, -0.05) is 5.92 Å².